The standard InChI is InChI=1S/C14H22N2O/c1-2-17-12-9-7-11(8-10-12)16-14-6-4-3-5-13(14)15/h7-10,13-14,16H,2-6,15H2,1H3/t13-,14+/m0/s1. The van der Waals surface area contributed by atoms with E-state index < -0.39 is 0 Å². The molecule has 0 amide bonds. The number of nitrogens with two attached hydrogens (primary N) is 1. The fraction of sp³-hybridized carbons (Fsp3) is 0.571. The lowest BCUT2D eigenvalue weighted by atomic mass is 9.91. The van der Waals surface area contributed by atoms with Gasteiger partial charge in [0.05, 0.1) is 6.61 Å². The van der Waals surface area contributed by atoms with Crippen molar-refractivity contribution < 1.29 is 4.74 Å². The van der Waals surface area contributed by atoms with Crippen LogP contribution in [-0.4, -0.2) is 18.7 Å². The molecule has 2 atom stereocenters. The monoisotopic (exact) mass is 234 g/mol. The second-order valence-electron chi connectivity index (χ2n) is 4.66. The Morgan fingerprint density at radius 1 is 1.24 bits per heavy atom. The van der Waals surface area contributed by atoms with E-state index in [1.54, 1.807) is 0 Å². The second kappa shape index (κ2) is 5.92. The van der Waals surface area contributed by atoms with Crippen molar-refractivity contribution in [3.8, 4) is 5.75 Å². The van der Waals surface area contributed by atoms with Crippen LogP contribution in [0.2, 0.25) is 0 Å². The number of ether oxygens (including phenoxy) is 1. The van der Waals surface area contributed by atoms with Gasteiger partial charge in [0.25, 0.3) is 0 Å². The fourth-order valence-corrected chi connectivity index (χ4v) is 2.37. The van der Waals surface area contributed by atoms with Crippen LogP contribution in [0.4, 0.5) is 5.69 Å². The summed E-state index contributed by atoms with van der Waals surface area (Å²) in [4.78, 5) is 0. The predicted molar refractivity (Wildman–Crippen MR) is 71.5 cm³/mol. The van der Waals surface area contributed by atoms with Crippen LogP contribution in [0.1, 0.15) is 32.6 Å². The van der Waals surface area contributed by atoms with Crippen molar-refractivity contribution in [3.05, 3.63) is 24.3 Å². The first kappa shape index (κ1) is 12.2. The summed E-state index contributed by atoms with van der Waals surface area (Å²) in [6.45, 7) is 2.70. The molecule has 0 saturated heterocycles. The molecule has 0 bridgehead atoms. The third kappa shape index (κ3) is 3.37. The van der Waals surface area contributed by atoms with Crippen LogP contribution in [0, 0.1) is 0 Å². The maximum absolute atomic E-state index is 6.12. The average molecular weight is 234 g/mol. The minimum atomic E-state index is 0.287. The van der Waals surface area contributed by atoms with E-state index in [1.807, 2.05) is 19.1 Å². The molecular formula is C14H22N2O. The van der Waals surface area contributed by atoms with Gasteiger partial charge < -0.3 is 15.8 Å². The first-order valence-corrected chi connectivity index (χ1v) is 6.54. The zero-order valence-corrected chi connectivity index (χ0v) is 10.5. The van der Waals surface area contributed by atoms with E-state index in [0.29, 0.717) is 12.6 Å². The van der Waals surface area contributed by atoms with Gasteiger partial charge in [-0.25, -0.2) is 0 Å². The zero-order valence-electron chi connectivity index (χ0n) is 10.5. The van der Waals surface area contributed by atoms with E-state index in [-0.39, 0.29) is 6.04 Å². The first-order valence-electron chi connectivity index (χ1n) is 6.54. The van der Waals surface area contributed by atoms with Crippen molar-refractivity contribution in [2.75, 3.05) is 11.9 Å². The quantitative estimate of drug-likeness (QED) is 0.842. The summed E-state index contributed by atoms with van der Waals surface area (Å²) in [5.74, 6) is 0.922. The maximum atomic E-state index is 6.12. The molecule has 2 rings (SSSR count). The molecule has 1 aliphatic rings. The summed E-state index contributed by atoms with van der Waals surface area (Å²) in [6.07, 6.45) is 4.86. The highest BCUT2D eigenvalue weighted by Crippen LogP contribution is 2.22. The summed E-state index contributed by atoms with van der Waals surface area (Å²) in [5, 5.41) is 3.52. The molecule has 1 aromatic carbocycles. The van der Waals surface area contributed by atoms with E-state index in [4.69, 9.17) is 10.5 Å². The van der Waals surface area contributed by atoms with Crippen LogP contribution < -0.4 is 15.8 Å². The van der Waals surface area contributed by atoms with Gasteiger partial charge in [0.2, 0.25) is 0 Å². The molecule has 1 saturated carbocycles. The molecule has 3 heteroatoms. The molecule has 1 fully saturated rings. The highest BCUT2D eigenvalue weighted by Gasteiger charge is 2.21. The summed E-state index contributed by atoms with van der Waals surface area (Å²) in [7, 11) is 0. The van der Waals surface area contributed by atoms with Crippen LogP contribution in [0.15, 0.2) is 24.3 Å². The minimum absolute atomic E-state index is 0.287. The number of anilines is 1. The SMILES string of the molecule is CCOc1ccc(N[C@@H]2CCCC[C@@H]2N)cc1. The van der Waals surface area contributed by atoms with Gasteiger partial charge in [-0.3, -0.25) is 0 Å². The van der Waals surface area contributed by atoms with Gasteiger partial charge in [-0.2, -0.15) is 0 Å². The molecule has 1 aliphatic carbocycles. The van der Waals surface area contributed by atoms with E-state index >= 15 is 0 Å². The molecular weight excluding hydrogens is 212 g/mol. The van der Waals surface area contributed by atoms with E-state index in [0.717, 1.165) is 17.9 Å². The molecule has 94 valence electrons. The molecule has 3 nitrogen and oxygen atoms in total. The number of benzene rings is 1. The van der Waals surface area contributed by atoms with Crippen molar-refractivity contribution in [2.24, 2.45) is 5.73 Å². The lowest BCUT2D eigenvalue weighted by molar-refractivity contribution is 0.340. The molecule has 3 N–H and O–H groups in total. The summed E-state index contributed by atoms with van der Waals surface area (Å²) in [6, 6.07) is 8.83. The van der Waals surface area contributed by atoms with Crippen LogP contribution in [-0.2, 0) is 0 Å². The Balaban J connectivity index is 1.93. The van der Waals surface area contributed by atoms with Gasteiger partial charge in [0.1, 0.15) is 5.75 Å². The Hall–Kier alpha value is -1.22. The van der Waals surface area contributed by atoms with Gasteiger partial charge in [-0.05, 0) is 44.0 Å². The van der Waals surface area contributed by atoms with Crippen molar-refractivity contribution in [3.63, 3.8) is 0 Å². The van der Waals surface area contributed by atoms with E-state index in [1.165, 1.54) is 19.3 Å². The number of hydrogen-bond donors (Lipinski definition) is 2. The first-order chi connectivity index (χ1) is 8.29. The maximum Gasteiger partial charge on any atom is 0.119 e. The lowest BCUT2D eigenvalue weighted by Crippen LogP contribution is -2.42. The predicted octanol–water partition coefficient (Wildman–Crippen LogP) is 2.77. The van der Waals surface area contributed by atoms with Gasteiger partial charge in [-0.15, -0.1) is 0 Å². The van der Waals surface area contributed by atoms with Crippen LogP contribution in [0.5, 0.6) is 5.75 Å². The topological polar surface area (TPSA) is 47.3 Å². The van der Waals surface area contributed by atoms with Crippen molar-refractivity contribution in [1.29, 1.82) is 0 Å². The molecule has 17 heavy (non-hydrogen) atoms. The molecule has 0 spiro atoms. The number of hydrogen-bond acceptors (Lipinski definition) is 3. The Bertz CT molecular complexity index is 337. The van der Waals surface area contributed by atoms with Crippen LogP contribution in [0.3, 0.4) is 0 Å². The normalized spacial score (nSPS) is 24.4. The molecule has 0 aromatic heterocycles. The van der Waals surface area contributed by atoms with Crippen LogP contribution >= 0.6 is 0 Å². The van der Waals surface area contributed by atoms with Gasteiger partial charge in [0.15, 0.2) is 0 Å². The lowest BCUT2D eigenvalue weighted by Gasteiger charge is -2.30. The van der Waals surface area contributed by atoms with Gasteiger partial charge >= 0.3 is 0 Å². The van der Waals surface area contributed by atoms with Crippen molar-refractivity contribution in [2.45, 2.75) is 44.7 Å². The number of rotatable bonds is 4. The molecule has 0 aliphatic heterocycles. The Morgan fingerprint density at radius 3 is 2.59 bits per heavy atom. The zero-order chi connectivity index (χ0) is 12.1. The largest absolute Gasteiger partial charge is 0.494 e. The Labute approximate surface area is 103 Å². The Kier molecular flexibility index (Phi) is 4.26. The highest BCUT2D eigenvalue weighted by molar-refractivity contribution is 5.47. The fourth-order valence-electron chi connectivity index (χ4n) is 2.37. The molecule has 1 aromatic rings. The summed E-state index contributed by atoms with van der Waals surface area (Å²) < 4.78 is 5.42. The third-order valence-electron chi connectivity index (χ3n) is 3.34. The molecule has 0 heterocycles. The van der Waals surface area contributed by atoms with E-state index in [9.17, 15) is 0 Å². The van der Waals surface area contributed by atoms with Gasteiger partial charge in [0, 0.05) is 17.8 Å². The number of nitrogens with one attached hydrogen (secondary N) is 1. The third-order valence-corrected chi connectivity index (χ3v) is 3.34. The van der Waals surface area contributed by atoms with Crippen molar-refractivity contribution in [1.82, 2.24) is 0 Å². The van der Waals surface area contributed by atoms with E-state index in [2.05, 4.69) is 17.4 Å². The average Bonchev–Trinajstić information content (AvgIpc) is 2.35. The Morgan fingerprint density at radius 2 is 1.94 bits per heavy atom. The highest BCUT2D eigenvalue weighted by atomic mass is 16.5. The van der Waals surface area contributed by atoms with Crippen LogP contribution in [0.25, 0.3) is 0 Å². The van der Waals surface area contributed by atoms with Gasteiger partial charge in [-0.1, -0.05) is 12.8 Å². The smallest absolute Gasteiger partial charge is 0.119 e. The van der Waals surface area contributed by atoms with Crippen molar-refractivity contribution >= 4 is 5.69 Å². The summed E-state index contributed by atoms with van der Waals surface area (Å²) in [5.41, 5.74) is 7.25. The second-order valence-corrected chi connectivity index (χ2v) is 4.66. The minimum Gasteiger partial charge on any atom is -0.494 e. The molecule has 0 radical (unpaired) electrons. The summed E-state index contributed by atoms with van der Waals surface area (Å²) >= 11 is 0. The molecule has 0 unspecified atom stereocenters.